The van der Waals surface area contributed by atoms with Crippen LogP contribution in [0.4, 0.5) is 0 Å². The van der Waals surface area contributed by atoms with Crippen molar-refractivity contribution in [1.29, 1.82) is 0 Å². The third kappa shape index (κ3) is 1.90. The second-order valence-corrected chi connectivity index (χ2v) is 5.54. The lowest BCUT2D eigenvalue weighted by atomic mass is 10.2. The Morgan fingerprint density at radius 1 is 1.00 bits per heavy atom. The SMILES string of the molecule is C[C@H]1CC[C@H](C)SS1. The molecule has 0 amide bonds. The monoisotopic (exact) mass is 148 g/mol. The highest BCUT2D eigenvalue weighted by Gasteiger charge is 2.14. The van der Waals surface area contributed by atoms with E-state index in [1.807, 2.05) is 21.6 Å². The van der Waals surface area contributed by atoms with Crippen molar-refractivity contribution in [3.05, 3.63) is 0 Å². The van der Waals surface area contributed by atoms with Gasteiger partial charge in [-0.15, -0.1) is 0 Å². The zero-order chi connectivity index (χ0) is 5.98. The highest BCUT2D eigenvalue weighted by atomic mass is 33.1. The zero-order valence-electron chi connectivity index (χ0n) is 5.39. The molecule has 0 radical (unpaired) electrons. The van der Waals surface area contributed by atoms with Gasteiger partial charge in [0.15, 0.2) is 0 Å². The molecule has 0 aromatic carbocycles. The molecule has 0 saturated carbocycles. The van der Waals surface area contributed by atoms with Gasteiger partial charge in [0.25, 0.3) is 0 Å². The Bertz CT molecular complexity index is 54.9. The Morgan fingerprint density at radius 3 is 1.62 bits per heavy atom. The van der Waals surface area contributed by atoms with Crippen LogP contribution in [0.5, 0.6) is 0 Å². The summed E-state index contributed by atoms with van der Waals surface area (Å²) in [7, 11) is 4.09. The fourth-order valence-electron chi connectivity index (χ4n) is 0.755. The highest BCUT2D eigenvalue weighted by Crippen LogP contribution is 2.39. The zero-order valence-corrected chi connectivity index (χ0v) is 7.02. The molecule has 1 aliphatic rings. The van der Waals surface area contributed by atoms with E-state index in [0.717, 1.165) is 10.5 Å². The van der Waals surface area contributed by atoms with E-state index in [2.05, 4.69) is 13.8 Å². The van der Waals surface area contributed by atoms with Gasteiger partial charge >= 0.3 is 0 Å². The lowest BCUT2D eigenvalue weighted by Crippen LogP contribution is -2.07. The fraction of sp³-hybridized carbons (Fsp3) is 1.00. The second-order valence-electron chi connectivity index (χ2n) is 2.39. The van der Waals surface area contributed by atoms with E-state index in [1.165, 1.54) is 12.8 Å². The second kappa shape index (κ2) is 3.02. The summed E-state index contributed by atoms with van der Waals surface area (Å²) >= 11 is 0. The summed E-state index contributed by atoms with van der Waals surface area (Å²) in [5.74, 6) is 0. The van der Waals surface area contributed by atoms with Crippen LogP contribution in [0, 0.1) is 0 Å². The minimum absolute atomic E-state index is 0.899. The first-order valence-electron chi connectivity index (χ1n) is 3.11. The minimum Gasteiger partial charge on any atom is -0.0907 e. The third-order valence-corrected chi connectivity index (χ3v) is 4.91. The topological polar surface area (TPSA) is 0 Å². The summed E-state index contributed by atoms with van der Waals surface area (Å²) in [6.07, 6.45) is 2.83. The molecule has 2 atom stereocenters. The number of hydrogen-bond acceptors (Lipinski definition) is 2. The Balaban J connectivity index is 2.19. The maximum Gasteiger partial charge on any atom is 0.0123 e. The molecular formula is C6H12S2. The van der Waals surface area contributed by atoms with E-state index in [4.69, 9.17) is 0 Å². The molecule has 0 aromatic heterocycles. The lowest BCUT2D eigenvalue weighted by molar-refractivity contribution is 0.722. The van der Waals surface area contributed by atoms with Gasteiger partial charge in [0, 0.05) is 10.5 Å². The molecule has 8 heavy (non-hydrogen) atoms. The standard InChI is InChI=1S/C6H12S2/c1-5-3-4-6(2)8-7-5/h5-6H,3-4H2,1-2H3/t5-,6-/m0/s1. The normalized spacial score (nSPS) is 39.8. The first-order valence-corrected chi connectivity index (χ1v) is 5.39. The van der Waals surface area contributed by atoms with Crippen molar-refractivity contribution >= 4 is 21.6 Å². The smallest absolute Gasteiger partial charge is 0.0123 e. The predicted octanol–water partition coefficient (Wildman–Crippen LogP) is 2.94. The van der Waals surface area contributed by atoms with Crippen molar-refractivity contribution in [3.63, 3.8) is 0 Å². The maximum absolute atomic E-state index is 2.31. The predicted molar refractivity (Wildman–Crippen MR) is 43.3 cm³/mol. The van der Waals surface area contributed by atoms with Crippen LogP contribution in [0.15, 0.2) is 0 Å². The van der Waals surface area contributed by atoms with E-state index in [9.17, 15) is 0 Å². The van der Waals surface area contributed by atoms with Crippen LogP contribution in [-0.2, 0) is 0 Å². The summed E-state index contributed by atoms with van der Waals surface area (Å²) < 4.78 is 0. The van der Waals surface area contributed by atoms with Crippen molar-refractivity contribution in [1.82, 2.24) is 0 Å². The van der Waals surface area contributed by atoms with Crippen molar-refractivity contribution in [2.45, 2.75) is 37.2 Å². The molecule has 0 aliphatic carbocycles. The maximum atomic E-state index is 2.31. The molecule has 0 N–H and O–H groups in total. The number of hydrogen-bond donors (Lipinski definition) is 0. The molecule has 0 spiro atoms. The van der Waals surface area contributed by atoms with Gasteiger partial charge in [-0.3, -0.25) is 0 Å². The van der Waals surface area contributed by atoms with E-state index in [-0.39, 0.29) is 0 Å². The average molecular weight is 148 g/mol. The summed E-state index contributed by atoms with van der Waals surface area (Å²) in [4.78, 5) is 0. The van der Waals surface area contributed by atoms with E-state index < -0.39 is 0 Å². The van der Waals surface area contributed by atoms with Crippen LogP contribution < -0.4 is 0 Å². The molecule has 0 nitrogen and oxygen atoms in total. The molecule has 48 valence electrons. The first kappa shape index (κ1) is 6.81. The fourth-order valence-corrected chi connectivity index (χ4v) is 3.31. The minimum atomic E-state index is 0.899. The van der Waals surface area contributed by atoms with E-state index >= 15 is 0 Å². The van der Waals surface area contributed by atoms with Crippen LogP contribution in [0.2, 0.25) is 0 Å². The van der Waals surface area contributed by atoms with Gasteiger partial charge in [-0.2, -0.15) is 0 Å². The van der Waals surface area contributed by atoms with Crippen LogP contribution in [-0.4, -0.2) is 10.5 Å². The molecule has 1 fully saturated rings. The van der Waals surface area contributed by atoms with E-state index in [1.54, 1.807) is 0 Å². The Labute approximate surface area is 59.2 Å². The molecule has 0 unspecified atom stereocenters. The van der Waals surface area contributed by atoms with Crippen LogP contribution in [0.25, 0.3) is 0 Å². The third-order valence-electron chi connectivity index (χ3n) is 1.36. The van der Waals surface area contributed by atoms with Crippen molar-refractivity contribution in [2.24, 2.45) is 0 Å². The van der Waals surface area contributed by atoms with Gasteiger partial charge in [-0.1, -0.05) is 35.4 Å². The molecule has 1 rings (SSSR count). The van der Waals surface area contributed by atoms with Crippen molar-refractivity contribution in [3.8, 4) is 0 Å². The average Bonchev–Trinajstić information content (AvgIpc) is 1.77. The molecule has 1 saturated heterocycles. The first-order chi connectivity index (χ1) is 3.79. The quantitative estimate of drug-likeness (QED) is 0.484. The molecular weight excluding hydrogens is 136 g/mol. The summed E-state index contributed by atoms with van der Waals surface area (Å²) in [6.45, 7) is 4.62. The largest absolute Gasteiger partial charge is 0.0907 e. The van der Waals surface area contributed by atoms with Gasteiger partial charge in [0.1, 0.15) is 0 Å². The van der Waals surface area contributed by atoms with Gasteiger partial charge in [-0.05, 0) is 12.8 Å². The molecule has 0 aromatic rings. The Morgan fingerprint density at radius 2 is 1.38 bits per heavy atom. The van der Waals surface area contributed by atoms with E-state index in [0.29, 0.717) is 0 Å². The van der Waals surface area contributed by atoms with Gasteiger partial charge in [0.05, 0.1) is 0 Å². The van der Waals surface area contributed by atoms with Crippen molar-refractivity contribution in [2.75, 3.05) is 0 Å². The van der Waals surface area contributed by atoms with Crippen LogP contribution >= 0.6 is 21.6 Å². The van der Waals surface area contributed by atoms with Crippen LogP contribution in [0.3, 0.4) is 0 Å². The Hall–Kier alpha value is 0.700. The molecule has 0 bridgehead atoms. The Kier molecular flexibility index (Phi) is 2.57. The summed E-state index contributed by atoms with van der Waals surface area (Å²) in [6, 6.07) is 0. The van der Waals surface area contributed by atoms with Gasteiger partial charge in [-0.25, -0.2) is 0 Å². The summed E-state index contributed by atoms with van der Waals surface area (Å²) in [5, 5.41) is 1.80. The van der Waals surface area contributed by atoms with Gasteiger partial charge < -0.3 is 0 Å². The van der Waals surface area contributed by atoms with Crippen LogP contribution in [0.1, 0.15) is 26.7 Å². The molecule has 1 aliphatic heterocycles. The lowest BCUT2D eigenvalue weighted by Gasteiger charge is -2.20. The molecule has 2 heteroatoms. The van der Waals surface area contributed by atoms with Crippen molar-refractivity contribution < 1.29 is 0 Å². The summed E-state index contributed by atoms with van der Waals surface area (Å²) in [5.41, 5.74) is 0. The van der Waals surface area contributed by atoms with Gasteiger partial charge in [0.2, 0.25) is 0 Å². The molecule has 1 heterocycles. The number of rotatable bonds is 0. The highest BCUT2D eigenvalue weighted by molar-refractivity contribution is 8.77.